The highest BCUT2D eigenvalue weighted by Crippen LogP contribution is 2.21. The van der Waals surface area contributed by atoms with Gasteiger partial charge >= 0.3 is 0 Å². The zero-order chi connectivity index (χ0) is 12.4. The van der Waals surface area contributed by atoms with E-state index in [-0.39, 0.29) is 0 Å². The Balaban J connectivity index is 1.82. The van der Waals surface area contributed by atoms with Crippen molar-refractivity contribution in [3.63, 3.8) is 0 Å². The van der Waals surface area contributed by atoms with Gasteiger partial charge < -0.3 is 9.73 Å². The standard InChI is InChI=1S/C11H8ClN5O/c12-9-5-10(14-6-13-9)15-11-4-7(16-17-11)8-2-1-3-18-8/h1-6H,(H2,13,14,15,16,17). The second-order valence-electron chi connectivity index (χ2n) is 3.50. The van der Waals surface area contributed by atoms with Crippen LogP contribution in [0.5, 0.6) is 0 Å². The number of aromatic nitrogens is 4. The molecule has 3 heterocycles. The fraction of sp³-hybridized carbons (Fsp3) is 0. The molecule has 90 valence electrons. The van der Waals surface area contributed by atoms with Crippen molar-refractivity contribution in [3.8, 4) is 11.5 Å². The lowest BCUT2D eigenvalue weighted by Crippen LogP contribution is -1.94. The molecule has 3 aromatic rings. The first kappa shape index (κ1) is 10.8. The molecule has 0 aliphatic rings. The molecule has 0 aliphatic carbocycles. The molecule has 0 fully saturated rings. The summed E-state index contributed by atoms with van der Waals surface area (Å²) in [6.45, 7) is 0. The van der Waals surface area contributed by atoms with E-state index in [1.807, 2.05) is 18.2 Å². The topological polar surface area (TPSA) is 79.6 Å². The highest BCUT2D eigenvalue weighted by atomic mass is 35.5. The summed E-state index contributed by atoms with van der Waals surface area (Å²) < 4.78 is 5.26. The number of aromatic amines is 1. The van der Waals surface area contributed by atoms with Crippen LogP contribution in [-0.2, 0) is 0 Å². The van der Waals surface area contributed by atoms with Crippen LogP contribution in [0.2, 0.25) is 5.15 Å². The lowest BCUT2D eigenvalue weighted by molar-refractivity contribution is 0.580. The van der Waals surface area contributed by atoms with Crippen LogP contribution in [-0.4, -0.2) is 20.2 Å². The molecule has 6 nitrogen and oxygen atoms in total. The minimum Gasteiger partial charge on any atom is -0.463 e. The van der Waals surface area contributed by atoms with Crippen LogP contribution >= 0.6 is 11.6 Å². The van der Waals surface area contributed by atoms with Crippen LogP contribution in [0, 0.1) is 0 Å². The third-order valence-corrected chi connectivity index (χ3v) is 2.46. The van der Waals surface area contributed by atoms with Crippen LogP contribution < -0.4 is 5.32 Å². The van der Waals surface area contributed by atoms with E-state index in [2.05, 4.69) is 25.5 Å². The Kier molecular flexibility index (Phi) is 2.70. The SMILES string of the molecule is Clc1cc(Nc2cc(-c3ccco3)[nH]n2)ncn1. The number of halogens is 1. The van der Waals surface area contributed by atoms with Gasteiger partial charge in [0.25, 0.3) is 0 Å². The zero-order valence-corrected chi connectivity index (χ0v) is 9.85. The Morgan fingerprint density at radius 1 is 1.22 bits per heavy atom. The van der Waals surface area contributed by atoms with Gasteiger partial charge in [0, 0.05) is 12.1 Å². The maximum Gasteiger partial charge on any atom is 0.154 e. The molecule has 0 aromatic carbocycles. The van der Waals surface area contributed by atoms with Crippen molar-refractivity contribution in [2.24, 2.45) is 0 Å². The summed E-state index contributed by atoms with van der Waals surface area (Å²) in [4.78, 5) is 7.82. The first-order valence-corrected chi connectivity index (χ1v) is 5.53. The molecule has 0 unspecified atom stereocenters. The predicted octanol–water partition coefficient (Wildman–Crippen LogP) is 2.86. The van der Waals surface area contributed by atoms with E-state index >= 15 is 0 Å². The number of H-pyrrole nitrogens is 1. The number of rotatable bonds is 3. The molecule has 3 aromatic heterocycles. The van der Waals surface area contributed by atoms with Gasteiger partial charge in [-0.2, -0.15) is 5.10 Å². The Bertz CT molecular complexity index is 649. The third-order valence-electron chi connectivity index (χ3n) is 2.25. The Labute approximate surface area is 107 Å². The summed E-state index contributed by atoms with van der Waals surface area (Å²) in [5.74, 6) is 1.92. The number of anilines is 2. The molecule has 0 atom stereocenters. The summed E-state index contributed by atoms with van der Waals surface area (Å²) in [7, 11) is 0. The minimum atomic E-state index is 0.370. The van der Waals surface area contributed by atoms with Gasteiger partial charge in [0.15, 0.2) is 11.6 Å². The van der Waals surface area contributed by atoms with E-state index in [0.29, 0.717) is 16.8 Å². The van der Waals surface area contributed by atoms with Crippen molar-refractivity contribution < 1.29 is 4.42 Å². The smallest absolute Gasteiger partial charge is 0.154 e. The fourth-order valence-corrected chi connectivity index (χ4v) is 1.62. The third kappa shape index (κ3) is 2.18. The van der Waals surface area contributed by atoms with E-state index in [9.17, 15) is 0 Å². The van der Waals surface area contributed by atoms with Gasteiger partial charge in [-0.3, -0.25) is 5.10 Å². The van der Waals surface area contributed by atoms with Crippen molar-refractivity contribution in [1.82, 2.24) is 20.2 Å². The lowest BCUT2D eigenvalue weighted by atomic mass is 10.3. The lowest BCUT2D eigenvalue weighted by Gasteiger charge is -1.99. The molecule has 2 N–H and O–H groups in total. The van der Waals surface area contributed by atoms with Gasteiger partial charge in [-0.25, -0.2) is 9.97 Å². The van der Waals surface area contributed by atoms with Gasteiger partial charge in [0.1, 0.15) is 23.0 Å². The normalized spacial score (nSPS) is 10.5. The molecule has 0 spiro atoms. The van der Waals surface area contributed by atoms with Gasteiger partial charge in [0.2, 0.25) is 0 Å². The first-order valence-electron chi connectivity index (χ1n) is 5.15. The predicted molar refractivity (Wildman–Crippen MR) is 66.6 cm³/mol. The summed E-state index contributed by atoms with van der Waals surface area (Å²) in [5.41, 5.74) is 0.780. The first-order chi connectivity index (χ1) is 8.81. The number of hydrogen-bond acceptors (Lipinski definition) is 5. The average Bonchev–Trinajstić information content (AvgIpc) is 2.98. The largest absolute Gasteiger partial charge is 0.463 e. The molecule has 0 amide bonds. The zero-order valence-electron chi connectivity index (χ0n) is 9.09. The quantitative estimate of drug-likeness (QED) is 0.709. The van der Waals surface area contributed by atoms with E-state index in [1.165, 1.54) is 6.33 Å². The van der Waals surface area contributed by atoms with Crippen molar-refractivity contribution in [3.05, 3.63) is 42.0 Å². The summed E-state index contributed by atoms with van der Waals surface area (Å²) in [6, 6.07) is 7.09. The Morgan fingerprint density at radius 2 is 2.17 bits per heavy atom. The van der Waals surface area contributed by atoms with E-state index < -0.39 is 0 Å². The number of nitrogens with zero attached hydrogens (tertiary/aromatic N) is 3. The van der Waals surface area contributed by atoms with E-state index in [0.717, 1.165) is 11.5 Å². The molecule has 0 radical (unpaired) electrons. The van der Waals surface area contributed by atoms with Gasteiger partial charge in [-0.1, -0.05) is 11.6 Å². The van der Waals surface area contributed by atoms with E-state index in [1.54, 1.807) is 12.3 Å². The molecule has 3 rings (SSSR count). The second kappa shape index (κ2) is 4.50. The molecular weight excluding hydrogens is 254 g/mol. The number of furan rings is 1. The highest BCUT2D eigenvalue weighted by molar-refractivity contribution is 6.29. The number of nitrogens with one attached hydrogen (secondary N) is 2. The fourth-order valence-electron chi connectivity index (χ4n) is 1.48. The van der Waals surface area contributed by atoms with Crippen LogP contribution in [0.15, 0.2) is 41.3 Å². The van der Waals surface area contributed by atoms with Crippen LogP contribution in [0.1, 0.15) is 0 Å². The molecular formula is C11H8ClN5O. The Hall–Kier alpha value is -2.34. The van der Waals surface area contributed by atoms with E-state index in [4.69, 9.17) is 16.0 Å². The molecule has 7 heteroatoms. The molecule has 0 saturated heterocycles. The highest BCUT2D eigenvalue weighted by Gasteiger charge is 2.06. The minimum absolute atomic E-state index is 0.370. The molecule has 18 heavy (non-hydrogen) atoms. The molecule has 0 saturated carbocycles. The van der Waals surface area contributed by atoms with Crippen LogP contribution in [0.25, 0.3) is 11.5 Å². The summed E-state index contributed by atoms with van der Waals surface area (Å²) in [6.07, 6.45) is 2.98. The van der Waals surface area contributed by atoms with Crippen molar-refractivity contribution in [2.75, 3.05) is 5.32 Å². The van der Waals surface area contributed by atoms with Crippen LogP contribution in [0.4, 0.5) is 11.6 Å². The maximum atomic E-state index is 5.76. The second-order valence-corrected chi connectivity index (χ2v) is 3.88. The maximum absolute atomic E-state index is 5.76. The summed E-state index contributed by atoms with van der Waals surface area (Å²) >= 11 is 5.76. The van der Waals surface area contributed by atoms with Crippen molar-refractivity contribution in [2.45, 2.75) is 0 Å². The van der Waals surface area contributed by atoms with Crippen molar-refractivity contribution in [1.29, 1.82) is 0 Å². The van der Waals surface area contributed by atoms with Crippen molar-refractivity contribution >= 4 is 23.2 Å². The average molecular weight is 262 g/mol. The van der Waals surface area contributed by atoms with Gasteiger partial charge in [0.05, 0.1) is 6.26 Å². The Morgan fingerprint density at radius 3 is 2.94 bits per heavy atom. The van der Waals surface area contributed by atoms with Crippen LogP contribution in [0.3, 0.4) is 0 Å². The van der Waals surface area contributed by atoms with Gasteiger partial charge in [-0.05, 0) is 12.1 Å². The molecule has 0 aliphatic heterocycles. The summed E-state index contributed by atoms with van der Waals surface area (Å²) in [5, 5.41) is 10.3. The monoisotopic (exact) mass is 261 g/mol. The van der Waals surface area contributed by atoms with Gasteiger partial charge in [-0.15, -0.1) is 0 Å². The number of hydrogen-bond donors (Lipinski definition) is 2. The molecule has 0 bridgehead atoms.